The first-order valence-electron chi connectivity index (χ1n) is 30.2. The topological polar surface area (TPSA) is 623 Å². The highest BCUT2D eigenvalue weighted by Gasteiger charge is 2.37. The van der Waals surface area contributed by atoms with Gasteiger partial charge in [0.25, 0.3) is 0 Å². The van der Waals surface area contributed by atoms with Crippen molar-refractivity contribution in [2.75, 3.05) is 31.6 Å². The fourth-order valence-corrected chi connectivity index (χ4v) is 9.08. The average molecular weight is 1360 g/mol. The van der Waals surface area contributed by atoms with Crippen LogP contribution in [0.15, 0.2) is 4.99 Å². The van der Waals surface area contributed by atoms with Crippen molar-refractivity contribution in [2.24, 2.45) is 45.7 Å². The molecule has 532 valence electrons. The predicted octanol–water partition coefficient (Wildman–Crippen LogP) is -6.21. The summed E-state index contributed by atoms with van der Waals surface area (Å²) in [7, 11) is 0. The van der Waals surface area contributed by atoms with Crippen LogP contribution in [-0.4, -0.2) is 224 Å². The second kappa shape index (κ2) is 44.6. The number of amides is 12. The van der Waals surface area contributed by atoms with Crippen LogP contribution in [0.2, 0.25) is 0 Å². The van der Waals surface area contributed by atoms with Gasteiger partial charge in [0.2, 0.25) is 70.9 Å². The van der Waals surface area contributed by atoms with Crippen molar-refractivity contribution in [1.29, 1.82) is 0 Å². The van der Waals surface area contributed by atoms with Gasteiger partial charge in [-0.05, 0) is 88.1 Å². The zero-order chi connectivity index (χ0) is 72.1. The molecule has 0 bridgehead atoms. The van der Waals surface area contributed by atoms with Gasteiger partial charge in [0.1, 0.15) is 54.4 Å². The van der Waals surface area contributed by atoms with Crippen LogP contribution in [0.5, 0.6) is 0 Å². The van der Waals surface area contributed by atoms with Crippen LogP contribution >= 0.6 is 11.8 Å². The lowest BCUT2D eigenvalue weighted by Crippen LogP contribution is -2.62. The van der Waals surface area contributed by atoms with E-state index in [4.69, 9.17) is 28.0 Å². The minimum Gasteiger partial charge on any atom is -0.481 e. The highest BCUT2D eigenvalue weighted by atomic mass is 32.2. The summed E-state index contributed by atoms with van der Waals surface area (Å²) in [4.78, 5) is 212. The maximum absolute atomic E-state index is 14.1. The molecule has 24 N–H and O–H groups in total. The van der Waals surface area contributed by atoms with Crippen molar-refractivity contribution < 1.29 is 102 Å². The number of carbonyl (C=O) groups excluding carboxylic acids is 12. The zero-order valence-electron chi connectivity index (χ0n) is 54.0. The van der Waals surface area contributed by atoms with Crippen LogP contribution in [0.3, 0.4) is 0 Å². The number of thioether (sulfide) groups is 1. The zero-order valence-corrected chi connectivity index (χ0v) is 54.9. The van der Waals surface area contributed by atoms with Gasteiger partial charge in [0, 0.05) is 25.8 Å². The molecule has 0 fully saturated rings. The van der Waals surface area contributed by atoms with Crippen molar-refractivity contribution in [3.05, 3.63) is 0 Å². The highest BCUT2D eigenvalue weighted by molar-refractivity contribution is 7.98. The van der Waals surface area contributed by atoms with E-state index < -0.39 is 225 Å². The minimum atomic E-state index is -1.87. The third kappa shape index (κ3) is 35.8. The van der Waals surface area contributed by atoms with E-state index in [0.717, 1.165) is 6.92 Å². The number of nitrogens with two attached hydrogens (primary N) is 4. The van der Waals surface area contributed by atoms with Crippen LogP contribution in [0.1, 0.15) is 132 Å². The van der Waals surface area contributed by atoms with Crippen molar-refractivity contribution in [2.45, 2.75) is 198 Å². The van der Waals surface area contributed by atoms with Gasteiger partial charge in [0.15, 0.2) is 5.96 Å². The van der Waals surface area contributed by atoms with Crippen LogP contribution in [-0.2, 0) is 76.7 Å². The number of carboxylic acid groups (broad SMARTS) is 4. The standard InChI is InChI=1S/C56H96N16O21S/c1-9-28(6)44(71-40(76)25-63-47(84)31(13-16-41(77)78)65-49(86)33(14-17-42(79)80)66-51(88)36(21-26(2)3)69-46(83)30(57)23-43(81)82)53(90)68-32(12-15-38(58)74)50(87)72-45(29(7)73)54(91)70-37(22-27(4)5)52(89)67-34(18-20-94-8)48(85)62-24-39(75)64-35(55(92)93)11-10-19-61-56(59)60/h26-37,44-45,73H,9-25,57H2,1-8H3,(H2,58,74)(H,62,85)(H,63,84)(H,64,75)(H,65,86)(H,66,88)(H,67,89)(H,68,90)(H,69,83)(H,70,91)(H,71,76)(H,72,87)(H,77,78)(H,79,80)(H,81,82)(H,92,93)(H4,59,60,61)/t28-,29+,30-,31-,32-,33-,34-,35-,36-,37-,44-,45-/m0/s1. The molecule has 0 saturated carbocycles. The van der Waals surface area contributed by atoms with Crippen LogP contribution < -0.4 is 81.4 Å². The van der Waals surface area contributed by atoms with Crippen molar-refractivity contribution >= 4 is 112 Å². The van der Waals surface area contributed by atoms with E-state index in [9.17, 15) is 97.1 Å². The molecule has 0 aromatic heterocycles. The Morgan fingerprint density at radius 3 is 1.28 bits per heavy atom. The molecule has 0 heterocycles. The first kappa shape index (κ1) is 85.1. The van der Waals surface area contributed by atoms with Crippen molar-refractivity contribution in [3.63, 3.8) is 0 Å². The van der Waals surface area contributed by atoms with E-state index in [1.165, 1.54) is 18.7 Å². The van der Waals surface area contributed by atoms with E-state index in [1.807, 2.05) is 0 Å². The molecule has 0 saturated heterocycles. The van der Waals surface area contributed by atoms with Gasteiger partial charge in [-0.1, -0.05) is 48.0 Å². The number of carbonyl (C=O) groups is 16. The minimum absolute atomic E-state index is 0.0160. The number of aliphatic hydroxyl groups excluding tert-OH is 1. The molecule has 94 heavy (non-hydrogen) atoms. The molecule has 0 unspecified atom stereocenters. The Balaban J connectivity index is 6.58. The summed E-state index contributed by atoms with van der Waals surface area (Å²) < 4.78 is 0. The SMILES string of the molecule is CC[C@H](C)[C@H](NC(=O)CNC(=O)[C@H](CCC(=O)O)NC(=O)[C@H](CCC(=O)O)NC(=O)[C@H](CC(C)C)NC(=O)[C@@H](N)CC(=O)O)C(=O)N[C@@H](CCC(N)=O)C(=O)N[C@H](C(=O)N[C@@H](CC(C)C)C(=O)N[C@@H](CCSC)C(=O)NCC(=O)N[C@@H](CCCN=C(N)N)C(=O)O)[C@@H](C)O. The molecule has 0 aliphatic rings. The second-order valence-electron chi connectivity index (χ2n) is 23.0. The maximum Gasteiger partial charge on any atom is 0.326 e. The molecule has 0 aliphatic carbocycles. The van der Waals surface area contributed by atoms with Crippen molar-refractivity contribution in [3.8, 4) is 0 Å². The molecule has 0 rings (SSSR count). The number of aliphatic imine (C=N–C) groups is 1. The summed E-state index contributed by atoms with van der Waals surface area (Å²) in [5, 5.41) is 74.3. The number of nitrogens with zero attached hydrogens (tertiary/aromatic N) is 1. The van der Waals surface area contributed by atoms with E-state index in [2.05, 4.69) is 63.5 Å². The Morgan fingerprint density at radius 1 is 0.457 bits per heavy atom. The van der Waals surface area contributed by atoms with Gasteiger partial charge in [-0.3, -0.25) is 76.9 Å². The van der Waals surface area contributed by atoms with Gasteiger partial charge >= 0.3 is 23.9 Å². The summed E-state index contributed by atoms with van der Waals surface area (Å²) in [5.41, 5.74) is 21.6. The normalized spacial score (nSPS) is 14.9. The fraction of sp³-hybridized carbons (Fsp3) is 0.696. The smallest absolute Gasteiger partial charge is 0.326 e. The lowest BCUT2D eigenvalue weighted by molar-refractivity contribution is -0.142. The van der Waals surface area contributed by atoms with Crippen LogP contribution in [0, 0.1) is 17.8 Å². The number of guanidine groups is 1. The summed E-state index contributed by atoms with van der Waals surface area (Å²) in [6.45, 7) is 9.42. The Morgan fingerprint density at radius 2 is 0.862 bits per heavy atom. The van der Waals surface area contributed by atoms with E-state index in [-0.39, 0.29) is 62.9 Å². The van der Waals surface area contributed by atoms with Crippen LogP contribution in [0.4, 0.5) is 0 Å². The van der Waals surface area contributed by atoms with Gasteiger partial charge < -0.3 is 107 Å². The third-order valence-electron chi connectivity index (χ3n) is 13.8. The lowest BCUT2D eigenvalue weighted by Gasteiger charge is -2.29. The molecule has 0 aliphatic heterocycles. The number of hydrogen-bond acceptors (Lipinski definition) is 20. The Hall–Kier alpha value is -8.94. The summed E-state index contributed by atoms with van der Waals surface area (Å²) in [5.74, 6) is -19.3. The van der Waals surface area contributed by atoms with Gasteiger partial charge in [-0.15, -0.1) is 0 Å². The molecule has 12 atom stereocenters. The monoisotopic (exact) mass is 1360 g/mol. The first-order valence-corrected chi connectivity index (χ1v) is 31.6. The predicted molar refractivity (Wildman–Crippen MR) is 336 cm³/mol. The number of hydrogen-bond donors (Lipinski definition) is 20. The quantitative estimate of drug-likeness (QED) is 0.0153. The molecular weight excluding hydrogens is 1260 g/mol. The molecule has 0 radical (unpaired) electrons. The van der Waals surface area contributed by atoms with E-state index >= 15 is 0 Å². The Kier molecular flexibility index (Phi) is 40.3. The molecule has 12 amide bonds. The molecule has 38 heteroatoms. The number of aliphatic hydroxyl groups is 1. The first-order chi connectivity index (χ1) is 43.8. The average Bonchev–Trinajstić information content (AvgIpc) is 0.881. The lowest BCUT2D eigenvalue weighted by atomic mass is 9.97. The second-order valence-corrected chi connectivity index (χ2v) is 24.0. The van der Waals surface area contributed by atoms with Gasteiger partial charge in [0.05, 0.1) is 31.7 Å². The van der Waals surface area contributed by atoms with Crippen LogP contribution in [0.25, 0.3) is 0 Å². The largest absolute Gasteiger partial charge is 0.481 e. The fourth-order valence-electron chi connectivity index (χ4n) is 8.61. The Bertz CT molecular complexity index is 2660. The number of aliphatic carboxylic acids is 4. The van der Waals surface area contributed by atoms with E-state index in [1.54, 1.807) is 40.9 Å². The number of nitrogens with one attached hydrogen (secondary N) is 11. The summed E-state index contributed by atoms with van der Waals surface area (Å²) >= 11 is 1.31. The summed E-state index contributed by atoms with van der Waals surface area (Å²) in [6.07, 6.45) is -4.37. The number of carboxylic acids is 4. The molecule has 0 spiro atoms. The molecular formula is C56H96N16O21S. The Labute approximate surface area is 547 Å². The number of rotatable bonds is 48. The van der Waals surface area contributed by atoms with Gasteiger partial charge in [-0.25, -0.2) is 4.79 Å². The van der Waals surface area contributed by atoms with Crippen molar-refractivity contribution in [1.82, 2.24) is 58.5 Å². The molecule has 0 aromatic rings. The molecule has 37 nitrogen and oxygen atoms in total. The van der Waals surface area contributed by atoms with E-state index in [0.29, 0.717) is 5.75 Å². The highest BCUT2D eigenvalue weighted by Crippen LogP contribution is 2.14. The van der Waals surface area contributed by atoms with Gasteiger partial charge in [-0.2, -0.15) is 11.8 Å². The number of primary amides is 1. The summed E-state index contributed by atoms with van der Waals surface area (Å²) in [6, 6.07) is -15.7. The molecule has 0 aromatic carbocycles. The maximum atomic E-state index is 14.1. The third-order valence-corrected chi connectivity index (χ3v) is 14.5.